The Bertz CT molecular complexity index is 1100. The Morgan fingerprint density at radius 3 is 2.40 bits per heavy atom. The summed E-state index contributed by atoms with van der Waals surface area (Å²) < 4.78 is 0. The van der Waals surface area contributed by atoms with Crippen molar-refractivity contribution in [1.82, 2.24) is 15.6 Å². The molecule has 1 atom stereocenters. The van der Waals surface area contributed by atoms with Crippen LogP contribution in [0.4, 0.5) is 0 Å². The first kappa shape index (κ1) is 31.0. The van der Waals surface area contributed by atoms with E-state index in [-0.39, 0.29) is 12.3 Å². The first-order chi connectivity index (χ1) is 19.5. The molecule has 1 aliphatic rings. The summed E-state index contributed by atoms with van der Waals surface area (Å²) in [7, 11) is 0. The lowest BCUT2D eigenvalue weighted by Crippen LogP contribution is -2.49. The van der Waals surface area contributed by atoms with Gasteiger partial charge in [0.1, 0.15) is 6.04 Å². The number of aromatic nitrogens is 1. The van der Waals surface area contributed by atoms with Crippen LogP contribution in [0.5, 0.6) is 0 Å². The molecule has 8 heteroatoms. The van der Waals surface area contributed by atoms with Crippen LogP contribution in [0.2, 0.25) is 0 Å². The fourth-order valence-corrected chi connectivity index (χ4v) is 5.19. The second kappa shape index (κ2) is 17.2. The molecule has 1 aromatic carbocycles. The quantitative estimate of drug-likeness (QED) is 0.274. The number of carbonyl (C=O) groups is 3. The predicted octanol–water partition coefficient (Wildman–Crippen LogP) is 3.78. The number of amides is 2. The number of benzene rings is 1. The molecule has 1 unspecified atom stereocenters. The van der Waals surface area contributed by atoms with Crippen molar-refractivity contribution in [2.45, 2.75) is 83.1 Å². The van der Waals surface area contributed by atoms with E-state index < -0.39 is 24.5 Å². The van der Waals surface area contributed by atoms with E-state index in [4.69, 9.17) is 0 Å². The van der Waals surface area contributed by atoms with Gasteiger partial charge in [-0.2, -0.15) is 0 Å². The van der Waals surface area contributed by atoms with Crippen LogP contribution in [0, 0.1) is 5.92 Å². The molecule has 0 spiro atoms. The summed E-state index contributed by atoms with van der Waals surface area (Å²) in [5.41, 5.74) is 3.11. The third kappa shape index (κ3) is 10.6. The minimum atomic E-state index is -1.05. The average Bonchev–Trinajstić information content (AvgIpc) is 2.98. The number of rotatable bonds is 16. The standard InChI is InChI=1S/C32H43N3O5/c36-23-29(32(40)34-21-8-7-12-24-10-3-1-4-11-24)35-31(39)26-18-16-25(17-19-26)28(27-13-9-20-33-22-27)14-5-2-6-15-30(37)38/h9,13-14,16-20,22,24,29,36H,1-8,10-12,15,21,23H2,(H,34,40)(H,35,39)(H,37,38)/p-1/b28-14+. The highest BCUT2D eigenvalue weighted by molar-refractivity contribution is 5.98. The monoisotopic (exact) mass is 548 g/mol. The number of aliphatic carboxylic acids is 1. The second-order valence-electron chi connectivity index (χ2n) is 10.6. The third-order valence-corrected chi connectivity index (χ3v) is 7.48. The van der Waals surface area contributed by atoms with Gasteiger partial charge in [0, 0.05) is 36.0 Å². The van der Waals surface area contributed by atoms with Gasteiger partial charge in [-0.1, -0.05) is 69.2 Å². The average molecular weight is 549 g/mol. The molecule has 1 fully saturated rings. The Labute approximate surface area is 237 Å². The molecule has 1 heterocycles. The Morgan fingerprint density at radius 1 is 0.975 bits per heavy atom. The number of carboxylic acids is 1. The van der Waals surface area contributed by atoms with Gasteiger partial charge < -0.3 is 25.6 Å². The maximum absolute atomic E-state index is 12.8. The highest BCUT2D eigenvalue weighted by Gasteiger charge is 2.20. The molecule has 2 amide bonds. The predicted molar refractivity (Wildman–Crippen MR) is 153 cm³/mol. The van der Waals surface area contributed by atoms with Gasteiger partial charge in [0.05, 0.1) is 6.61 Å². The van der Waals surface area contributed by atoms with E-state index >= 15 is 0 Å². The van der Waals surface area contributed by atoms with Gasteiger partial charge in [0.25, 0.3) is 5.91 Å². The summed E-state index contributed by atoms with van der Waals surface area (Å²) >= 11 is 0. The summed E-state index contributed by atoms with van der Waals surface area (Å²) in [6.07, 6.45) is 17.3. The molecule has 3 N–H and O–H groups in total. The SMILES string of the molecule is O=C([O-])CCCC/C=C(\c1ccc(C(=O)NC(CO)C(=O)NCCCCC2CCCCC2)cc1)c1cccnc1. The fraction of sp³-hybridized carbons (Fsp3) is 0.500. The topological polar surface area (TPSA) is 131 Å². The molecule has 1 saturated carbocycles. The molecule has 0 radical (unpaired) electrons. The van der Waals surface area contributed by atoms with Crippen molar-refractivity contribution in [3.05, 3.63) is 71.6 Å². The number of hydrogen-bond acceptors (Lipinski definition) is 6. The van der Waals surface area contributed by atoms with Crippen molar-refractivity contribution in [3.8, 4) is 0 Å². The molecule has 2 aromatic rings. The van der Waals surface area contributed by atoms with Gasteiger partial charge in [0.15, 0.2) is 0 Å². The number of aliphatic hydroxyl groups is 1. The number of allylic oxidation sites excluding steroid dienone is 1. The molecule has 8 nitrogen and oxygen atoms in total. The van der Waals surface area contributed by atoms with Crippen molar-refractivity contribution in [3.63, 3.8) is 0 Å². The van der Waals surface area contributed by atoms with Crippen molar-refractivity contribution in [1.29, 1.82) is 0 Å². The Balaban J connectivity index is 1.52. The number of carboxylic acid groups (broad SMARTS) is 1. The smallest absolute Gasteiger partial charge is 0.251 e. The van der Waals surface area contributed by atoms with Crippen LogP contribution < -0.4 is 15.7 Å². The van der Waals surface area contributed by atoms with Gasteiger partial charge >= 0.3 is 0 Å². The van der Waals surface area contributed by atoms with Crippen LogP contribution in [0.3, 0.4) is 0 Å². The lowest BCUT2D eigenvalue weighted by molar-refractivity contribution is -0.305. The number of pyridine rings is 1. The van der Waals surface area contributed by atoms with Crippen LogP contribution in [0.15, 0.2) is 54.9 Å². The van der Waals surface area contributed by atoms with E-state index in [1.54, 1.807) is 24.5 Å². The largest absolute Gasteiger partial charge is 0.550 e. The zero-order valence-electron chi connectivity index (χ0n) is 23.3. The van der Waals surface area contributed by atoms with Gasteiger partial charge in [0.2, 0.25) is 5.91 Å². The molecular weight excluding hydrogens is 506 g/mol. The molecule has 0 saturated heterocycles. The van der Waals surface area contributed by atoms with Gasteiger partial charge in [-0.25, -0.2) is 0 Å². The highest BCUT2D eigenvalue weighted by Crippen LogP contribution is 2.27. The van der Waals surface area contributed by atoms with E-state index in [9.17, 15) is 24.6 Å². The van der Waals surface area contributed by atoms with Crippen molar-refractivity contribution in [2.24, 2.45) is 5.92 Å². The Kier molecular flexibility index (Phi) is 13.4. The number of unbranched alkanes of at least 4 members (excludes halogenated alkanes) is 3. The molecule has 1 aliphatic carbocycles. The van der Waals surface area contributed by atoms with Crippen LogP contribution in [-0.4, -0.2) is 47.1 Å². The Hall–Kier alpha value is -3.52. The second-order valence-corrected chi connectivity index (χ2v) is 10.6. The molecular formula is C32H42N3O5-. The van der Waals surface area contributed by atoms with Gasteiger partial charge in [-0.05, 0) is 67.4 Å². The Morgan fingerprint density at radius 2 is 1.73 bits per heavy atom. The van der Waals surface area contributed by atoms with E-state index in [1.165, 1.54) is 38.5 Å². The summed E-state index contributed by atoms with van der Waals surface area (Å²) in [6.45, 7) is 0.0484. The molecule has 0 bridgehead atoms. The van der Waals surface area contributed by atoms with Crippen LogP contribution in [0.25, 0.3) is 5.57 Å². The first-order valence-corrected chi connectivity index (χ1v) is 14.6. The molecule has 0 aliphatic heterocycles. The minimum Gasteiger partial charge on any atom is -0.550 e. The van der Waals surface area contributed by atoms with Gasteiger partial charge in [-0.15, -0.1) is 0 Å². The van der Waals surface area contributed by atoms with Gasteiger partial charge in [-0.3, -0.25) is 14.6 Å². The van der Waals surface area contributed by atoms with E-state index in [0.29, 0.717) is 31.4 Å². The van der Waals surface area contributed by atoms with Crippen molar-refractivity contribution in [2.75, 3.05) is 13.2 Å². The van der Waals surface area contributed by atoms with Crippen LogP contribution >= 0.6 is 0 Å². The van der Waals surface area contributed by atoms with E-state index in [0.717, 1.165) is 35.5 Å². The summed E-state index contributed by atoms with van der Waals surface area (Å²) in [5, 5.41) is 25.9. The minimum absolute atomic E-state index is 0.0349. The van der Waals surface area contributed by atoms with Crippen LogP contribution in [0.1, 0.15) is 98.5 Å². The molecule has 1 aromatic heterocycles. The number of hydrogen-bond donors (Lipinski definition) is 3. The zero-order chi connectivity index (χ0) is 28.6. The maximum atomic E-state index is 12.8. The molecule has 40 heavy (non-hydrogen) atoms. The number of nitrogens with one attached hydrogen (secondary N) is 2. The van der Waals surface area contributed by atoms with Crippen molar-refractivity contribution >= 4 is 23.4 Å². The van der Waals surface area contributed by atoms with Crippen LogP contribution in [-0.2, 0) is 9.59 Å². The van der Waals surface area contributed by atoms with E-state index in [2.05, 4.69) is 15.6 Å². The summed E-state index contributed by atoms with van der Waals surface area (Å²) in [6, 6.07) is 9.80. The maximum Gasteiger partial charge on any atom is 0.251 e. The van der Waals surface area contributed by atoms with Crippen molar-refractivity contribution < 1.29 is 24.6 Å². The number of nitrogens with zero attached hydrogens (tertiary/aromatic N) is 1. The molecule has 3 rings (SSSR count). The first-order valence-electron chi connectivity index (χ1n) is 14.6. The third-order valence-electron chi connectivity index (χ3n) is 7.48. The lowest BCUT2D eigenvalue weighted by Gasteiger charge is -2.21. The fourth-order valence-electron chi connectivity index (χ4n) is 5.19. The highest BCUT2D eigenvalue weighted by atomic mass is 16.4. The lowest BCUT2D eigenvalue weighted by atomic mass is 9.86. The zero-order valence-corrected chi connectivity index (χ0v) is 23.3. The normalized spacial score (nSPS) is 14.9. The summed E-state index contributed by atoms with van der Waals surface area (Å²) in [5.74, 6) is -1.05. The van der Waals surface area contributed by atoms with E-state index in [1.807, 2.05) is 30.3 Å². The number of aliphatic hydroxyl groups excluding tert-OH is 1. The number of carbonyl (C=O) groups excluding carboxylic acids is 3. The summed E-state index contributed by atoms with van der Waals surface area (Å²) in [4.78, 5) is 40.3. The molecule has 216 valence electrons.